The van der Waals surface area contributed by atoms with Crippen molar-refractivity contribution in [3.8, 4) is 11.5 Å². The molecule has 0 spiro atoms. The highest BCUT2D eigenvalue weighted by atomic mass is 28.5. The van der Waals surface area contributed by atoms with E-state index < -0.39 is 77.1 Å². The monoisotopic (exact) mass is 836 g/mol. The molecule has 2 rings (SSSR count). The predicted molar refractivity (Wildman–Crippen MR) is 180 cm³/mol. The molecule has 14 nitrogen and oxygen atoms in total. The van der Waals surface area contributed by atoms with Gasteiger partial charge in [0.15, 0.2) is 0 Å². The van der Waals surface area contributed by atoms with E-state index in [2.05, 4.69) is 16.1 Å². The fourth-order valence-corrected chi connectivity index (χ4v) is 17.7. The first-order valence-electron chi connectivity index (χ1n) is 14.9. The average Bonchev–Trinajstić information content (AvgIpc) is 3.15. The molecule has 2 aromatic rings. The summed E-state index contributed by atoms with van der Waals surface area (Å²) in [6, 6.07) is 4.68. The standard InChI is InChI=1S/C29H38F6O14Si4/c1-20(2)29(36)44-16-11-17-50(38-3,39-4)47-51(40-5,23-14-9-12-21(18-23)45-27(34)25(30)31)48-52(41-6,49-53(37,42-7)43-8)24-15-10-13-22(19-24)46-28(35)26(32)33/h9-10,12-15,18-19,37H,1,11,16-17H2,2-8H3. The Morgan fingerprint density at radius 2 is 1.13 bits per heavy atom. The highest BCUT2D eigenvalue weighted by molar-refractivity contribution is 6.93. The summed E-state index contributed by atoms with van der Waals surface area (Å²) >= 11 is 0. The van der Waals surface area contributed by atoms with Crippen LogP contribution in [0.5, 0.6) is 11.5 Å². The molecule has 2 aromatic carbocycles. The van der Waals surface area contributed by atoms with Gasteiger partial charge in [0.1, 0.15) is 11.5 Å². The first-order chi connectivity index (χ1) is 24.9. The maximum absolute atomic E-state index is 13.9. The lowest BCUT2D eigenvalue weighted by Gasteiger charge is -2.42. The van der Waals surface area contributed by atoms with Gasteiger partial charge in [-0.15, -0.1) is 0 Å². The van der Waals surface area contributed by atoms with E-state index in [0.29, 0.717) is 0 Å². The van der Waals surface area contributed by atoms with Crippen molar-refractivity contribution >= 4 is 51.8 Å². The number of rotatable bonds is 23. The minimum absolute atomic E-state index is 0.0724. The first kappa shape index (κ1) is 45.9. The zero-order chi connectivity index (χ0) is 40.0. The van der Waals surface area contributed by atoms with E-state index in [9.17, 15) is 35.9 Å². The van der Waals surface area contributed by atoms with Crippen molar-refractivity contribution in [1.29, 1.82) is 0 Å². The largest absolute Gasteiger partial charge is 0.669 e. The zero-order valence-corrected chi connectivity index (χ0v) is 33.5. The van der Waals surface area contributed by atoms with E-state index in [1.807, 2.05) is 0 Å². The number of carbonyl (C=O) groups is 1. The molecule has 24 heteroatoms. The fourth-order valence-electron chi connectivity index (χ4n) is 4.18. The van der Waals surface area contributed by atoms with Crippen LogP contribution in [0.3, 0.4) is 0 Å². The molecule has 0 aliphatic carbocycles. The molecule has 0 bridgehead atoms. The molecule has 0 saturated carbocycles. The van der Waals surface area contributed by atoms with Crippen molar-refractivity contribution in [3.63, 3.8) is 0 Å². The molecule has 1 N–H and O–H groups in total. The Morgan fingerprint density at radius 3 is 1.51 bits per heavy atom. The molecule has 0 amide bonds. The van der Waals surface area contributed by atoms with E-state index >= 15 is 0 Å². The van der Waals surface area contributed by atoms with Gasteiger partial charge >= 0.3 is 65.6 Å². The van der Waals surface area contributed by atoms with Crippen LogP contribution in [0.15, 0.2) is 84.9 Å². The normalized spacial score (nSPS) is 14.1. The van der Waals surface area contributed by atoms with Crippen molar-refractivity contribution in [2.75, 3.05) is 49.3 Å². The third kappa shape index (κ3) is 12.4. The summed E-state index contributed by atoms with van der Waals surface area (Å²) in [5.74, 6) is -1.69. The molecule has 0 saturated heterocycles. The first-order valence-corrected chi connectivity index (χ1v) is 21.9. The van der Waals surface area contributed by atoms with Gasteiger partial charge in [0, 0.05) is 64.6 Å². The Hall–Kier alpha value is -3.22. The maximum Gasteiger partial charge on any atom is 0.669 e. The van der Waals surface area contributed by atoms with Crippen molar-refractivity contribution in [1.82, 2.24) is 0 Å². The van der Waals surface area contributed by atoms with Crippen LogP contribution in [0.1, 0.15) is 13.3 Å². The molecule has 0 aliphatic heterocycles. The number of esters is 1. The number of halogens is 6. The van der Waals surface area contributed by atoms with Gasteiger partial charge in [-0.3, -0.25) is 0 Å². The second-order valence-corrected chi connectivity index (χ2v) is 21.4. The molecule has 2 atom stereocenters. The number of benzene rings is 2. The lowest BCUT2D eigenvalue weighted by atomic mass is 10.3. The Morgan fingerprint density at radius 1 is 0.679 bits per heavy atom. The van der Waals surface area contributed by atoms with Gasteiger partial charge in [-0.25, -0.2) is 4.79 Å². The van der Waals surface area contributed by atoms with E-state index in [1.165, 1.54) is 45.4 Å². The van der Waals surface area contributed by atoms with Crippen LogP contribution < -0.4 is 19.8 Å². The van der Waals surface area contributed by atoms with Gasteiger partial charge in [-0.1, -0.05) is 30.8 Å². The molecule has 0 aliphatic rings. The highest BCUT2D eigenvalue weighted by Crippen LogP contribution is 2.30. The third-order valence-corrected chi connectivity index (χ3v) is 19.7. The SMILES string of the molecule is C=C(C)C(=O)OCCC[Si](OC)(OC)O[Si](OC)(O[Si](OC)(O[Si](O)(OC)OC)c1cccc(OC(F)=C(F)F)c1)c1cccc(OC(F)=C(F)F)c1. The van der Waals surface area contributed by atoms with E-state index in [-0.39, 0.29) is 35.0 Å². The average molecular weight is 837 g/mol. The molecule has 0 aromatic heterocycles. The van der Waals surface area contributed by atoms with Crippen LogP contribution in [0.2, 0.25) is 6.04 Å². The summed E-state index contributed by atoms with van der Waals surface area (Å²) < 4.78 is 147. The van der Waals surface area contributed by atoms with E-state index in [1.54, 1.807) is 0 Å². The second-order valence-electron chi connectivity index (χ2n) is 10.2. The van der Waals surface area contributed by atoms with Crippen molar-refractivity contribution in [2.24, 2.45) is 0 Å². The maximum atomic E-state index is 13.9. The second kappa shape index (κ2) is 20.5. The summed E-state index contributed by atoms with van der Waals surface area (Å²) in [5.41, 5.74) is 0.142. The van der Waals surface area contributed by atoms with Crippen LogP contribution >= 0.6 is 0 Å². The van der Waals surface area contributed by atoms with Gasteiger partial charge in [0.25, 0.3) is 0 Å². The summed E-state index contributed by atoms with van der Waals surface area (Å²) in [5, 5.41) is -0.362. The summed E-state index contributed by atoms with van der Waals surface area (Å²) in [6.07, 6.45) is -5.46. The minimum Gasteiger partial charge on any atom is -0.462 e. The van der Waals surface area contributed by atoms with Crippen LogP contribution in [-0.4, -0.2) is 95.5 Å². The highest BCUT2D eigenvalue weighted by Gasteiger charge is 2.64. The summed E-state index contributed by atoms with van der Waals surface area (Å²) in [4.78, 5) is 23.2. The molecule has 0 radical (unpaired) electrons. The Labute approximate surface area is 305 Å². The van der Waals surface area contributed by atoms with E-state index in [0.717, 1.165) is 52.7 Å². The van der Waals surface area contributed by atoms with Crippen molar-refractivity contribution in [2.45, 2.75) is 19.4 Å². The molecule has 2 unspecified atom stereocenters. The van der Waals surface area contributed by atoms with Crippen LogP contribution in [-0.2, 0) is 48.4 Å². The minimum atomic E-state index is -4.97. The molecule has 0 fully saturated rings. The fraction of sp³-hybridized carbons (Fsp3) is 0.345. The molecule has 53 heavy (non-hydrogen) atoms. The molecular formula is C29H38F6O14Si4. The number of ether oxygens (including phenoxy) is 3. The quantitative estimate of drug-likeness (QED) is 0.0424. The van der Waals surface area contributed by atoms with Gasteiger partial charge in [-0.2, -0.15) is 26.3 Å². The third-order valence-electron chi connectivity index (χ3n) is 6.79. The molecule has 0 heterocycles. The smallest absolute Gasteiger partial charge is 0.462 e. The van der Waals surface area contributed by atoms with Gasteiger partial charge in [0.2, 0.25) is 0 Å². The molecular weight excluding hydrogens is 799 g/mol. The van der Waals surface area contributed by atoms with Crippen molar-refractivity contribution < 1.29 is 89.0 Å². The van der Waals surface area contributed by atoms with Crippen molar-refractivity contribution in [3.05, 3.63) is 84.9 Å². The topological polar surface area (TPSA) is 148 Å². The van der Waals surface area contributed by atoms with Gasteiger partial charge < -0.3 is 57.9 Å². The number of carbonyl (C=O) groups excluding carboxylic acids is 1. The van der Waals surface area contributed by atoms with Crippen LogP contribution in [0.25, 0.3) is 0 Å². The van der Waals surface area contributed by atoms with Crippen LogP contribution in [0, 0.1) is 0 Å². The number of hydrogen-bond donors (Lipinski definition) is 1. The Kier molecular flexibility index (Phi) is 17.7. The zero-order valence-electron chi connectivity index (χ0n) is 29.5. The van der Waals surface area contributed by atoms with Crippen LogP contribution in [0.4, 0.5) is 26.3 Å². The lowest BCUT2D eigenvalue weighted by Crippen LogP contribution is -2.74. The van der Waals surface area contributed by atoms with Gasteiger partial charge in [0.05, 0.1) is 6.61 Å². The summed E-state index contributed by atoms with van der Waals surface area (Å²) in [6.45, 7) is 4.81. The predicted octanol–water partition coefficient (Wildman–Crippen LogP) is 4.31. The Balaban J connectivity index is 2.93. The van der Waals surface area contributed by atoms with Gasteiger partial charge in [-0.05, 0) is 37.6 Å². The lowest BCUT2D eigenvalue weighted by molar-refractivity contribution is -0.139. The Bertz CT molecular complexity index is 1610. The number of hydrogen-bond acceptors (Lipinski definition) is 14. The van der Waals surface area contributed by atoms with E-state index in [4.69, 9.17) is 43.6 Å². The summed E-state index contributed by atoms with van der Waals surface area (Å²) in [7, 11) is -12.1. The molecule has 296 valence electrons.